The fourth-order valence-corrected chi connectivity index (χ4v) is 9.20. The van der Waals surface area contributed by atoms with Gasteiger partial charge in [0.25, 0.3) is 0 Å². The van der Waals surface area contributed by atoms with E-state index in [1.54, 1.807) is 19.9 Å². The normalized spacial score (nSPS) is 57.7. The van der Waals surface area contributed by atoms with E-state index in [-0.39, 0.29) is 18.5 Å². The minimum Gasteiger partial charge on any atom is -0.451 e. The van der Waals surface area contributed by atoms with Gasteiger partial charge in [-0.15, -0.1) is 0 Å². The Morgan fingerprint density at radius 2 is 1.86 bits per heavy atom. The third kappa shape index (κ3) is 1.70. The summed E-state index contributed by atoms with van der Waals surface area (Å²) in [5, 5.41) is 73.0. The summed E-state index contributed by atoms with van der Waals surface area (Å²) in [5.41, 5.74) is -16.6. The molecule has 6 fully saturated rings. The Balaban J connectivity index is 1.70. The van der Waals surface area contributed by atoms with E-state index in [0.717, 1.165) is 0 Å². The standard InChI is InChI=1S/C24H31NO10/c1-11(2)21(31)16(34-15(28)12-6-5-9-25-12)22(32)17(3)10-20(30)18(21,4)24(22,33)23(35-20)14(27)13(26)7-8-19(17,23)29/h5-6,9,11,14,16,25,27,29-33H,7-8,10H2,1-4H3/t14-,16-,17+,18+,19+,20+,21-,22-,23-,24-/m1/s1. The highest BCUT2D eigenvalue weighted by atomic mass is 16.7. The van der Waals surface area contributed by atoms with Crippen molar-refractivity contribution in [1.82, 2.24) is 4.98 Å². The molecule has 192 valence electrons. The monoisotopic (exact) mass is 493 g/mol. The van der Waals surface area contributed by atoms with Crippen LogP contribution in [0.3, 0.4) is 0 Å². The number of ketones is 1. The second kappa shape index (κ2) is 5.83. The molecule has 0 radical (unpaired) electrons. The molecule has 1 aromatic heterocycles. The molecule has 2 aliphatic heterocycles. The van der Waals surface area contributed by atoms with E-state index in [1.165, 1.54) is 26.1 Å². The first kappa shape index (κ1) is 23.5. The van der Waals surface area contributed by atoms with Crippen LogP contribution in [-0.2, 0) is 14.3 Å². The summed E-state index contributed by atoms with van der Waals surface area (Å²) in [5.74, 6) is -4.94. The molecular weight excluding hydrogens is 462 g/mol. The van der Waals surface area contributed by atoms with Gasteiger partial charge in [0.1, 0.15) is 34.2 Å². The summed E-state index contributed by atoms with van der Waals surface area (Å²) in [6.07, 6.45) is -3.52. The van der Waals surface area contributed by atoms with Gasteiger partial charge >= 0.3 is 5.97 Å². The van der Waals surface area contributed by atoms with Crippen molar-refractivity contribution in [3.8, 4) is 0 Å². The fraction of sp³-hybridized carbons (Fsp3) is 0.750. The molecule has 0 amide bonds. The predicted octanol–water partition coefficient (Wildman–Crippen LogP) is -1.25. The molecule has 6 aliphatic rings. The van der Waals surface area contributed by atoms with Crippen LogP contribution < -0.4 is 0 Å². The number of ether oxygens (including phenoxy) is 2. The van der Waals surface area contributed by atoms with Gasteiger partial charge in [-0.25, -0.2) is 4.79 Å². The first-order valence-corrected chi connectivity index (χ1v) is 11.9. The summed E-state index contributed by atoms with van der Waals surface area (Å²) < 4.78 is 11.8. The zero-order valence-electron chi connectivity index (χ0n) is 19.9. The molecule has 0 aromatic carbocycles. The van der Waals surface area contributed by atoms with Crippen molar-refractivity contribution in [2.75, 3.05) is 0 Å². The summed E-state index contributed by atoms with van der Waals surface area (Å²) in [6, 6.07) is 2.98. The average Bonchev–Trinajstić information content (AvgIpc) is 3.41. The van der Waals surface area contributed by atoms with Gasteiger partial charge in [-0.3, -0.25) is 4.79 Å². The van der Waals surface area contributed by atoms with Crippen LogP contribution in [0, 0.1) is 16.7 Å². The van der Waals surface area contributed by atoms with Crippen LogP contribution in [-0.4, -0.2) is 93.4 Å². The number of Topliss-reactive ketones (excluding diaryl/α,β-unsaturated/α-hetero) is 1. The second-order valence-corrected chi connectivity index (χ2v) is 11.8. The Morgan fingerprint density at radius 1 is 1.20 bits per heavy atom. The molecule has 4 saturated carbocycles. The molecule has 1 aromatic rings. The fourth-order valence-electron chi connectivity index (χ4n) is 9.20. The topological polar surface area (TPSA) is 190 Å². The molecule has 3 heterocycles. The third-order valence-corrected chi connectivity index (χ3v) is 10.8. The smallest absolute Gasteiger partial charge is 0.355 e. The Kier molecular flexibility index (Phi) is 3.92. The Bertz CT molecular complexity index is 1170. The van der Waals surface area contributed by atoms with E-state index in [2.05, 4.69) is 4.98 Å². The highest BCUT2D eigenvalue weighted by Gasteiger charge is 3.10. The lowest BCUT2D eigenvalue weighted by Gasteiger charge is -2.59. The maximum absolute atomic E-state index is 13.1. The summed E-state index contributed by atoms with van der Waals surface area (Å²) in [4.78, 5) is 28.6. The van der Waals surface area contributed by atoms with Gasteiger partial charge in [-0.1, -0.05) is 20.8 Å². The molecule has 10 atom stereocenters. The number of carbonyl (C=O) groups is 2. The molecule has 7 N–H and O–H groups in total. The van der Waals surface area contributed by atoms with Crippen molar-refractivity contribution < 1.29 is 49.7 Å². The number of aromatic nitrogens is 1. The zero-order chi connectivity index (χ0) is 25.8. The van der Waals surface area contributed by atoms with E-state index in [9.17, 15) is 40.2 Å². The molecular formula is C24H31NO10. The van der Waals surface area contributed by atoms with Crippen molar-refractivity contribution in [3.63, 3.8) is 0 Å². The van der Waals surface area contributed by atoms with Crippen molar-refractivity contribution in [3.05, 3.63) is 24.0 Å². The third-order valence-electron chi connectivity index (χ3n) is 10.8. The van der Waals surface area contributed by atoms with Gasteiger partial charge in [0.05, 0.1) is 5.41 Å². The van der Waals surface area contributed by atoms with Crippen LogP contribution in [0.25, 0.3) is 0 Å². The number of aromatic amines is 1. The van der Waals surface area contributed by atoms with Crippen LogP contribution in [0.5, 0.6) is 0 Å². The minimum absolute atomic E-state index is 0.0143. The van der Waals surface area contributed by atoms with Crippen LogP contribution in [0.2, 0.25) is 0 Å². The second-order valence-electron chi connectivity index (χ2n) is 11.8. The maximum atomic E-state index is 13.1. The van der Waals surface area contributed by atoms with E-state index < -0.39 is 80.9 Å². The first-order valence-electron chi connectivity index (χ1n) is 11.9. The van der Waals surface area contributed by atoms with Crippen molar-refractivity contribution >= 4 is 11.8 Å². The van der Waals surface area contributed by atoms with E-state index in [1.807, 2.05) is 0 Å². The van der Waals surface area contributed by atoms with Crippen LogP contribution >= 0.6 is 0 Å². The Morgan fingerprint density at radius 3 is 2.43 bits per heavy atom. The summed E-state index contributed by atoms with van der Waals surface area (Å²) in [7, 11) is 0. The number of hydrogen-bond donors (Lipinski definition) is 7. The number of H-pyrrole nitrogens is 1. The van der Waals surface area contributed by atoms with Gasteiger partial charge in [-0.05, 0) is 31.4 Å². The van der Waals surface area contributed by atoms with Crippen molar-refractivity contribution in [2.24, 2.45) is 16.7 Å². The molecule has 2 saturated heterocycles. The minimum atomic E-state index is -2.81. The number of nitrogens with one attached hydrogen (secondary N) is 1. The van der Waals surface area contributed by atoms with Crippen molar-refractivity contribution in [2.45, 2.75) is 93.0 Å². The SMILES string of the molecule is CC(C)[C@@]1(O)[C@@H](OC(=O)c2ccc[nH]2)[C@@]2(O)[C@@]3(C)C[C@]4(O)O[C@@]5([C@H](O)C(=O)CC[C@]35O)[C@@]2(O)[C@]14C. The Labute approximate surface area is 200 Å². The van der Waals surface area contributed by atoms with Gasteiger partial charge < -0.3 is 45.1 Å². The average molecular weight is 494 g/mol. The lowest BCUT2D eigenvalue weighted by atomic mass is 9.52. The lowest BCUT2D eigenvalue weighted by Crippen LogP contribution is -2.75. The van der Waals surface area contributed by atoms with Crippen LogP contribution in [0.1, 0.15) is 57.4 Å². The highest BCUT2D eigenvalue weighted by molar-refractivity contribution is 5.89. The number of esters is 1. The molecule has 1 spiro atoms. The number of aliphatic hydroxyl groups excluding tert-OH is 1. The molecule has 6 bridgehead atoms. The zero-order valence-corrected chi connectivity index (χ0v) is 19.9. The van der Waals surface area contributed by atoms with E-state index in [4.69, 9.17) is 9.47 Å². The maximum Gasteiger partial charge on any atom is 0.355 e. The number of carbonyl (C=O) groups excluding carboxylic acids is 2. The molecule has 11 heteroatoms. The van der Waals surface area contributed by atoms with E-state index in [0.29, 0.717) is 0 Å². The van der Waals surface area contributed by atoms with Gasteiger partial charge in [0, 0.05) is 24.5 Å². The highest BCUT2D eigenvalue weighted by Crippen LogP contribution is 2.90. The first-order chi connectivity index (χ1) is 16.0. The van der Waals surface area contributed by atoms with Crippen LogP contribution in [0.4, 0.5) is 0 Å². The van der Waals surface area contributed by atoms with Crippen LogP contribution in [0.15, 0.2) is 18.3 Å². The quantitative estimate of drug-likeness (QED) is 0.250. The van der Waals surface area contributed by atoms with Crippen molar-refractivity contribution in [1.29, 1.82) is 0 Å². The lowest BCUT2D eigenvalue weighted by molar-refractivity contribution is -0.382. The van der Waals surface area contributed by atoms with Gasteiger partial charge in [0.15, 0.2) is 23.3 Å². The molecule has 35 heavy (non-hydrogen) atoms. The summed E-state index contributed by atoms with van der Waals surface area (Å²) >= 11 is 0. The largest absolute Gasteiger partial charge is 0.451 e. The molecule has 7 rings (SSSR count). The van der Waals surface area contributed by atoms with E-state index >= 15 is 0 Å². The number of rotatable bonds is 3. The summed E-state index contributed by atoms with van der Waals surface area (Å²) in [6.45, 7) is 5.82. The Hall–Kier alpha value is -1.86. The molecule has 11 nitrogen and oxygen atoms in total. The predicted molar refractivity (Wildman–Crippen MR) is 114 cm³/mol. The molecule has 4 aliphatic carbocycles. The van der Waals surface area contributed by atoms with Gasteiger partial charge in [-0.2, -0.15) is 0 Å². The molecule has 0 unspecified atom stereocenters. The van der Waals surface area contributed by atoms with Gasteiger partial charge in [0.2, 0.25) is 0 Å². The number of aliphatic hydroxyl groups is 6. The number of hydrogen-bond acceptors (Lipinski definition) is 10.